The van der Waals surface area contributed by atoms with Gasteiger partial charge in [-0.25, -0.2) is 0 Å². The molecular formula is C20H32O. The summed E-state index contributed by atoms with van der Waals surface area (Å²) < 4.78 is 6.13. The Hall–Kier alpha value is -0.560. The Labute approximate surface area is 130 Å². The number of epoxide rings is 1. The zero-order valence-electron chi connectivity index (χ0n) is 14.4. The third kappa shape index (κ3) is 2.86. The number of hydrogen-bond acceptors (Lipinski definition) is 1. The Morgan fingerprint density at radius 2 is 2.05 bits per heavy atom. The van der Waals surface area contributed by atoms with E-state index < -0.39 is 0 Å². The van der Waals surface area contributed by atoms with Crippen LogP contribution in [0, 0.1) is 17.3 Å². The van der Waals surface area contributed by atoms with Crippen molar-refractivity contribution < 1.29 is 4.74 Å². The Balaban J connectivity index is 1.85. The number of rotatable bonds is 1. The van der Waals surface area contributed by atoms with Crippen LogP contribution in [0.4, 0.5) is 0 Å². The highest BCUT2D eigenvalue weighted by atomic mass is 16.6. The van der Waals surface area contributed by atoms with Gasteiger partial charge in [0.1, 0.15) is 0 Å². The smallest absolute Gasteiger partial charge is 0.0923 e. The van der Waals surface area contributed by atoms with Gasteiger partial charge >= 0.3 is 0 Å². The zero-order chi connectivity index (χ0) is 15.3. The van der Waals surface area contributed by atoms with Crippen LogP contribution in [-0.4, -0.2) is 11.7 Å². The number of hydrogen-bond donors (Lipinski definition) is 0. The Kier molecular flexibility index (Phi) is 3.84. The van der Waals surface area contributed by atoms with E-state index in [1.165, 1.54) is 50.5 Å². The van der Waals surface area contributed by atoms with Crippen molar-refractivity contribution in [3.05, 3.63) is 23.8 Å². The van der Waals surface area contributed by atoms with Crippen LogP contribution >= 0.6 is 0 Å². The highest BCUT2D eigenvalue weighted by Gasteiger charge is 2.56. The molecule has 118 valence electrons. The van der Waals surface area contributed by atoms with Gasteiger partial charge in [-0.3, -0.25) is 0 Å². The van der Waals surface area contributed by atoms with Gasteiger partial charge < -0.3 is 4.74 Å². The number of allylic oxidation sites excluding steroid dienone is 3. The van der Waals surface area contributed by atoms with Crippen molar-refractivity contribution in [1.82, 2.24) is 0 Å². The van der Waals surface area contributed by atoms with Crippen LogP contribution in [0.1, 0.15) is 72.6 Å². The van der Waals surface area contributed by atoms with Gasteiger partial charge in [-0.1, -0.05) is 30.7 Å². The third-order valence-corrected chi connectivity index (χ3v) is 6.71. The molecule has 0 bridgehead atoms. The van der Waals surface area contributed by atoms with E-state index in [2.05, 4.69) is 40.3 Å². The zero-order valence-corrected chi connectivity index (χ0v) is 14.4. The van der Waals surface area contributed by atoms with E-state index >= 15 is 0 Å². The summed E-state index contributed by atoms with van der Waals surface area (Å²) in [4.78, 5) is 0. The fraction of sp³-hybridized carbons (Fsp3) is 0.800. The quantitative estimate of drug-likeness (QED) is 0.448. The average Bonchev–Trinajstić information content (AvgIpc) is 2.88. The topological polar surface area (TPSA) is 12.5 Å². The molecule has 1 aliphatic heterocycles. The van der Waals surface area contributed by atoms with Crippen molar-refractivity contribution in [3.63, 3.8) is 0 Å². The first-order chi connectivity index (χ1) is 9.84. The van der Waals surface area contributed by atoms with Gasteiger partial charge in [0.25, 0.3) is 0 Å². The normalized spacial score (nSPS) is 49.3. The summed E-state index contributed by atoms with van der Waals surface area (Å²) in [7, 11) is 0. The molecule has 1 saturated carbocycles. The lowest BCUT2D eigenvalue weighted by atomic mass is 9.69. The van der Waals surface area contributed by atoms with E-state index in [1.54, 1.807) is 5.57 Å². The minimum atomic E-state index is 0.163. The molecule has 0 spiro atoms. The maximum atomic E-state index is 6.13. The lowest BCUT2D eigenvalue weighted by molar-refractivity contribution is 0.158. The molecule has 1 saturated heterocycles. The van der Waals surface area contributed by atoms with Gasteiger partial charge in [0.15, 0.2) is 0 Å². The number of fused-ring (bicyclic) bond motifs is 2. The molecule has 2 aliphatic carbocycles. The standard InChI is InChI=1S/C20H32O/c1-14(2)16-10-12-19(4)13-18-20(5,21-18)11-6-7-15(3)8-9-17(16)19/h7,16-18H,1,6,8-13H2,2-5H3/b15-7+/t16-,17+,18+,19-,20+/m1/s1. The lowest BCUT2D eigenvalue weighted by Gasteiger charge is -2.35. The highest BCUT2D eigenvalue weighted by Crippen LogP contribution is 2.58. The summed E-state index contributed by atoms with van der Waals surface area (Å²) >= 11 is 0. The van der Waals surface area contributed by atoms with Gasteiger partial charge in [-0.2, -0.15) is 0 Å². The summed E-state index contributed by atoms with van der Waals surface area (Å²) in [6.45, 7) is 13.7. The predicted octanol–water partition coefficient (Wildman–Crippen LogP) is 5.66. The summed E-state index contributed by atoms with van der Waals surface area (Å²) in [5.41, 5.74) is 3.60. The highest BCUT2D eigenvalue weighted by molar-refractivity contribution is 5.13. The van der Waals surface area contributed by atoms with Gasteiger partial charge in [0, 0.05) is 0 Å². The van der Waals surface area contributed by atoms with E-state index in [9.17, 15) is 0 Å². The SMILES string of the molecule is C=C(C)[C@H]1CC[C@]2(C)C[C@@H]3O[C@@]3(C)CC/C=C(\C)CC[C@@H]12. The maximum Gasteiger partial charge on any atom is 0.0923 e. The first-order valence-corrected chi connectivity index (χ1v) is 8.83. The van der Waals surface area contributed by atoms with Crippen LogP contribution in [0.3, 0.4) is 0 Å². The monoisotopic (exact) mass is 288 g/mol. The van der Waals surface area contributed by atoms with Crippen LogP contribution in [0.15, 0.2) is 23.8 Å². The van der Waals surface area contributed by atoms with Crippen molar-refractivity contribution in [2.45, 2.75) is 84.3 Å². The van der Waals surface area contributed by atoms with Gasteiger partial charge in [-0.15, -0.1) is 0 Å². The molecule has 0 aromatic heterocycles. The molecule has 0 N–H and O–H groups in total. The van der Waals surface area contributed by atoms with Crippen LogP contribution in [-0.2, 0) is 4.74 Å². The molecule has 0 amide bonds. The van der Waals surface area contributed by atoms with E-state index in [1.807, 2.05) is 0 Å². The molecule has 3 rings (SSSR count). The molecule has 5 atom stereocenters. The van der Waals surface area contributed by atoms with Gasteiger partial charge in [0.05, 0.1) is 11.7 Å². The fourth-order valence-corrected chi connectivity index (χ4v) is 5.03. The molecule has 0 unspecified atom stereocenters. The molecule has 1 heterocycles. The Morgan fingerprint density at radius 1 is 1.29 bits per heavy atom. The molecule has 0 aromatic rings. The summed E-state index contributed by atoms with van der Waals surface area (Å²) in [5, 5.41) is 0. The minimum Gasteiger partial charge on any atom is -0.366 e. The summed E-state index contributed by atoms with van der Waals surface area (Å²) in [6, 6.07) is 0. The molecule has 0 radical (unpaired) electrons. The van der Waals surface area contributed by atoms with Gasteiger partial charge in [0.2, 0.25) is 0 Å². The Morgan fingerprint density at radius 3 is 2.76 bits per heavy atom. The van der Waals surface area contributed by atoms with Crippen molar-refractivity contribution in [3.8, 4) is 0 Å². The van der Waals surface area contributed by atoms with E-state index in [-0.39, 0.29) is 5.60 Å². The molecular weight excluding hydrogens is 256 g/mol. The van der Waals surface area contributed by atoms with Crippen molar-refractivity contribution in [2.75, 3.05) is 0 Å². The maximum absolute atomic E-state index is 6.13. The molecule has 0 aromatic carbocycles. The molecule has 1 heteroatoms. The van der Waals surface area contributed by atoms with Crippen molar-refractivity contribution in [1.29, 1.82) is 0 Å². The molecule has 3 aliphatic rings. The summed E-state index contributed by atoms with van der Waals surface area (Å²) in [5.74, 6) is 1.53. The van der Waals surface area contributed by atoms with Crippen molar-refractivity contribution >= 4 is 0 Å². The average molecular weight is 288 g/mol. The van der Waals surface area contributed by atoms with Crippen LogP contribution in [0.2, 0.25) is 0 Å². The second-order valence-electron chi connectivity index (χ2n) is 8.50. The molecule has 21 heavy (non-hydrogen) atoms. The lowest BCUT2D eigenvalue weighted by Crippen LogP contribution is -2.29. The second-order valence-corrected chi connectivity index (χ2v) is 8.50. The minimum absolute atomic E-state index is 0.163. The van der Waals surface area contributed by atoms with E-state index in [4.69, 9.17) is 4.74 Å². The van der Waals surface area contributed by atoms with E-state index in [0.717, 1.165) is 11.8 Å². The van der Waals surface area contributed by atoms with Crippen LogP contribution < -0.4 is 0 Å². The molecule has 1 nitrogen and oxygen atoms in total. The predicted molar refractivity (Wildman–Crippen MR) is 89.3 cm³/mol. The molecule has 2 fully saturated rings. The largest absolute Gasteiger partial charge is 0.366 e. The third-order valence-electron chi connectivity index (χ3n) is 6.71. The fourth-order valence-electron chi connectivity index (χ4n) is 5.03. The second kappa shape index (κ2) is 5.26. The van der Waals surface area contributed by atoms with Crippen LogP contribution in [0.5, 0.6) is 0 Å². The Bertz CT molecular complexity index is 462. The first-order valence-electron chi connectivity index (χ1n) is 8.83. The van der Waals surface area contributed by atoms with Gasteiger partial charge in [-0.05, 0) is 83.0 Å². The van der Waals surface area contributed by atoms with Crippen molar-refractivity contribution in [2.24, 2.45) is 17.3 Å². The number of ether oxygens (including phenoxy) is 1. The van der Waals surface area contributed by atoms with E-state index in [0.29, 0.717) is 11.5 Å². The first kappa shape index (κ1) is 15.3. The van der Waals surface area contributed by atoms with Crippen LogP contribution in [0.25, 0.3) is 0 Å². The summed E-state index contributed by atoms with van der Waals surface area (Å²) in [6.07, 6.45) is 11.9.